The molecule has 0 spiro atoms. The lowest BCUT2D eigenvalue weighted by atomic mass is 9.81. The van der Waals surface area contributed by atoms with Crippen molar-refractivity contribution >= 4 is 5.91 Å². The van der Waals surface area contributed by atoms with Gasteiger partial charge in [-0.05, 0) is 47.2 Å². The zero-order valence-electron chi connectivity index (χ0n) is 18.4. The van der Waals surface area contributed by atoms with Gasteiger partial charge in [-0.25, -0.2) is 0 Å². The number of nitrogens with zero attached hydrogens (tertiary/aromatic N) is 2. The number of amides is 1. The Morgan fingerprint density at radius 1 is 1.20 bits per heavy atom. The summed E-state index contributed by atoms with van der Waals surface area (Å²) in [6, 6.07) is 13.7. The first-order valence-electron chi connectivity index (χ1n) is 10.2. The van der Waals surface area contributed by atoms with E-state index in [1.54, 1.807) is 37.5 Å². The number of aromatic nitrogens is 1. The van der Waals surface area contributed by atoms with Crippen LogP contribution in [-0.4, -0.2) is 29.9 Å². The summed E-state index contributed by atoms with van der Waals surface area (Å²) in [5.41, 5.74) is 3.37. The van der Waals surface area contributed by atoms with Crippen molar-refractivity contribution in [2.75, 3.05) is 14.2 Å². The average Bonchev–Trinajstić information content (AvgIpc) is 3.22. The quantitative estimate of drug-likeness (QED) is 0.514. The Morgan fingerprint density at radius 2 is 2.00 bits per heavy atom. The maximum atomic E-state index is 12.7. The zero-order valence-corrected chi connectivity index (χ0v) is 18.4. The lowest BCUT2D eigenvalue weighted by Crippen LogP contribution is -2.25. The van der Waals surface area contributed by atoms with Gasteiger partial charge in [0.2, 0.25) is 0 Å². The predicted molar refractivity (Wildman–Crippen MR) is 118 cm³/mol. The summed E-state index contributed by atoms with van der Waals surface area (Å²) >= 11 is 0. The third kappa shape index (κ3) is 4.90. The Balaban J connectivity index is 1.76. The summed E-state index contributed by atoms with van der Waals surface area (Å²) < 4.78 is 11.5. The Morgan fingerprint density at radius 3 is 2.67 bits per heavy atom. The highest BCUT2D eigenvalue weighted by atomic mass is 16.5. The molecule has 1 aromatic carbocycles. The van der Waals surface area contributed by atoms with Crippen molar-refractivity contribution in [1.82, 2.24) is 9.88 Å². The molecule has 5 heteroatoms. The fourth-order valence-corrected chi connectivity index (χ4v) is 3.34. The molecule has 0 aliphatic heterocycles. The number of carbonyl (C=O) groups excluding carboxylic acids is 1. The lowest BCUT2D eigenvalue weighted by molar-refractivity contribution is 0.0751. The largest absolute Gasteiger partial charge is 0.496 e. The van der Waals surface area contributed by atoms with Gasteiger partial charge < -0.3 is 14.1 Å². The number of benzene rings is 1. The fraction of sp³-hybridized carbons (Fsp3) is 0.360. The standard InChI is InChI=1S/C25H30N2O3/c1-6-25(2,3)20-9-11-22(29-5)19(14-20)15-21-10-12-23(30-21)24(28)27(4)17-18-8-7-13-26-16-18/h7-14,16H,6,15,17H2,1-5H3. The van der Waals surface area contributed by atoms with Gasteiger partial charge in [0.05, 0.1) is 7.11 Å². The van der Waals surface area contributed by atoms with Crippen molar-refractivity contribution in [3.8, 4) is 5.75 Å². The molecule has 0 bridgehead atoms. The molecule has 0 fully saturated rings. The number of hydrogen-bond acceptors (Lipinski definition) is 4. The van der Waals surface area contributed by atoms with E-state index in [0.29, 0.717) is 18.7 Å². The Bertz CT molecular complexity index is 993. The van der Waals surface area contributed by atoms with Crippen LogP contribution in [0.5, 0.6) is 5.75 Å². The van der Waals surface area contributed by atoms with Crippen LogP contribution in [0.2, 0.25) is 0 Å². The minimum absolute atomic E-state index is 0.0836. The Hall–Kier alpha value is -3.08. The molecule has 0 aliphatic rings. The van der Waals surface area contributed by atoms with E-state index in [9.17, 15) is 4.79 Å². The number of carbonyl (C=O) groups is 1. The van der Waals surface area contributed by atoms with Gasteiger partial charge in [0.25, 0.3) is 5.91 Å². The normalized spacial score (nSPS) is 11.4. The summed E-state index contributed by atoms with van der Waals surface area (Å²) in [5, 5.41) is 0. The van der Waals surface area contributed by atoms with E-state index < -0.39 is 0 Å². The summed E-state index contributed by atoms with van der Waals surface area (Å²) in [6.45, 7) is 7.14. The average molecular weight is 407 g/mol. The third-order valence-corrected chi connectivity index (χ3v) is 5.67. The highest BCUT2D eigenvalue weighted by Crippen LogP contribution is 2.32. The van der Waals surface area contributed by atoms with E-state index in [1.165, 1.54) is 5.56 Å². The van der Waals surface area contributed by atoms with Crippen molar-refractivity contribution in [3.63, 3.8) is 0 Å². The fourth-order valence-electron chi connectivity index (χ4n) is 3.34. The van der Waals surface area contributed by atoms with Gasteiger partial charge in [0.1, 0.15) is 11.5 Å². The molecule has 30 heavy (non-hydrogen) atoms. The highest BCUT2D eigenvalue weighted by Gasteiger charge is 2.21. The number of hydrogen-bond donors (Lipinski definition) is 0. The predicted octanol–water partition coefficient (Wildman–Crippen LogP) is 5.23. The summed E-state index contributed by atoms with van der Waals surface area (Å²) in [4.78, 5) is 18.5. The first kappa shape index (κ1) is 21.6. The molecule has 5 nitrogen and oxygen atoms in total. The molecule has 158 valence electrons. The summed E-state index contributed by atoms with van der Waals surface area (Å²) in [6.07, 6.45) is 5.08. The summed E-state index contributed by atoms with van der Waals surface area (Å²) in [5.74, 6) is 1.74. The van der Waals surface area contributed by atoms with Gasteiger partial charge in [-0.3, -0.25) is 9.78 Å². The van der Waals surface area contributed by atoms with Gasteiger partial charge in [0, 0.05) is 38.0 Å². The van der Waals surface area contributed by atoms with E-state index in [4.69, 9.17) is 9.15 Å². The first-order valence-corrected chi connectivity index (χ1v) is 10.2. The van der Waals surface area contributed by atoms with Crippen molar-refractivity contribution in [2.45, 2.75) is 45.6 Å². The SMILES string of the molecule is CCC(C)(C)c1ccc(OC)c(Cc2ccc(C(=O)N(C)Cc3cccnc3)o2)c1. The van der Waals surface area contributed by atoms with Gasteiger partial charge in [-0.1, -0.05) is 39.0 Å². The van der Waals surface area contributed by atoms with Crippen molar-refractivity contribution < 1.29 is 13.9 Å². The van der Waals surface area contributed by atoms with E-state index in [-0.39, 0.29) is 11.3 Å². The van der Waals surface area contributed by atoms with Gasteiger partial charge in [-0.2, -0.15) is 0 Å². The molecule has 3 rings (SSSR count). The van der Waals surface area contributed by atoms with Crippen LogP contribution < -0.4 is 4.74 Å². The van der Waals surface area contributed by atoms with Crippen molar-refractivity contribution in [1.29, 1.82) is 0 Å². The molecule has 2 aromatic heterocycles. The second kappa shape index (κ2) is 9.16. The van der Waals surface area contributed by atoms with Gasteiger partial charge >= 0.3 is 0 Å². The molecule has 0 radical (unpaired) electrons. The van der Waals surface area contributed by atoms with Crippen LogP contribution in [0.15, 0.2) is 59.3 Å². The molecule has 0 atom stereocenters. The molecule has 1 amide bonds. The van der Waals surface area contributed by atoms with Crippen LogP contribution in [0, 0.1) is 0 Å². The second-order valence-electron chi connectivity index (χ2n) is 8.23. The van der Waals surface area contributed by atoms with Crippen LogP contribution in [0.4, 0.5) is 0 Å². The van der Waals surface area contributed by atoms with E-state index in [1.807, 2.05) is 24.3 Å². The molecule has 0 unspecified atom stereocenters. The van der Waals surface area contributed by atoms with Crippen LogP contribution in [0.25, 0.3) is 0 Å². The first-order chi connectivity index (χ1) is 14.3. The zero-order chi connectivity index (χ0) is 21.7. The number of methoxy groups -OCH3 is 1. The van der Waals surface area contributed by atoms with Gasteiger partial charge in [0.15, 0.2) is 5.76 Å². The molecule has 0 aliphatic carbocycles. The number of furan rings is 1. The number of ether oxygens (including phenoxy) is 1. The second-order valence-corrected chi connectivity index (χ2v) is 8.23. The molecular formula is C25H30N2O3. The highest BCUT2D eigenvalue weighted by molar-refractivity contribution is 5.91. The smallest absolute Gasteiger partial charge is 0.289 e. The van der Waals surface area contributed by atoms with E-state index in [0.717, 1.165) is 29.1 Å². The number of pyridine rings is 1. The minimum atomic E-state index is -0.155. The van der Waals surface area contributed by atoms with E-state index >= 15 is 0 Å². The minimum Gasteiger partial charge on any atom is -0.496 e. The monoisotopic (exact) mass is 406 g/mol. The number of rotatable bonds is 8. The Kier molecular flexibility index (Phi) is 6.60. The molecular weight excluding hydrogens is 376 g/mol. The van der Waals surface area contributed by atoms with Crippen LogP contribution in [0.3, 0.4) is 0 Å². The van der Waals surface area contributed by atoms with E-state index in [2.05, 4.69) is 37.9 Å². The molecule has 0 saturated heterocycles. The summed E-state index contributed by atoms with van der Waals surface area (Å²) in [7, 11) is 3.44. The molecule has 2 heterocycles. The van der Waals surface area contributed by atoms with Crippen LogP contribution in [0.1, 0.15) is 60.2 Å². The van der Waals surface area contributed by atoms with Crippen LogP contribution in [-0.2, 0) is 18.4 Å². The van der Waals surface area contributed by atoms with Crippen molar-refractivity contribution in [2.24, 2.45) is 0 Å². The lowest BCUT2D eigenvalue weighted by Gasteiger charge is -2.24. The molecule has 0 N–H and O–H groups in total. The van der Waals surface area contributed by atoms with Crippen molar-refractivity contribution in [3.05, 3.63) is 83.1 Å². The third-order valence-electron chi connectivity index (χ3n) is 5.67. The molecule has 0 saturated carbocycles. The van der Waals surface area contributed by atoms with Gasteiger partial charge in [-0.15, -0.1) is 0 Å². The van der Waals surface area contributed by atoms with Crippen LogP contribution >= 0.6 is 0 Å². The maximum absolute atomic E-state index is 12.7. The molecule has 3 aromatic rings. The topological polar surface area (TPSA) is 55.6 Å². The maximum Gasteiger partial charge on any atom is 0.289 e. The Labute approximate surface area is 178 Å².